The van der Waals surface area contributed by atoms with Gasteiger partial charge in [-0.25, -0.2) is 9.36 Å². The molecule has 2 aromatic rings. The van der Waals surface area contributed by atoms with E-state index in [1.54, 1.807) is 0 Å². The first-order valence-electron chi connectivity index (χ1n) is 11.3. The van der Waals surface area contributed by atoms with E-state index in [9.17, 15) is 14.2 Å². The lowest BCUT2D eigenvalue weighted by atomic mass is 9.92. The number of rotatable bonds is 12. The molecule has 1 saturated carbocycles. The van der Waals surface area contributed by atoms with Crippen LogP contribution < -0.4 is 5.32 Å². The maximum Gasteiger partial charge on any atom is 0.407 e. The van der Waals surface area contributed by atoms with Gasteiger partial charge >= 0.3 is 20.7 Å². The van der Waals surface area contributed by atoms with Crippen LogP contribution in [0.25, 0.3) is 0 Å². The van der Waals surface area contributed by atoms with Gasteiger partial charge in [-0.3, -0.25) is 9.32 Å². The maximum absolute atomic E-state index is 12.5. The third-order valence-electron chi connectivity index (χ3n) is 5.84. The molecular weight excluding hydrogens is 441 g/mol. The van der Waals surface area contributed by atoms with Crippen LogP contribution in [0, 0.1) is 5.92 Å². The second kappa shape index (κ2) is 13.7. The summed E-state index contributed by atoms with van der Waals surface area (Å²) in [5, 5.41) is 2.84. The van der Waals surface area contributed by atoms with E-state index in [1.807, 2.05) is 60.7 Å². The van der Waals surface area contributed by atoms with Gasteiger partial charge in [-0.1, -0.05) is 73.5 Å². The van der Waals surface area contributed by atoms with Gasteiger partial charge in [0.05, 0.1) is 12.1 Å². The number of amides is 1. The number of ether oxygens (including phenoxy) is 2. The molecule has 3 rings (SSSR count). The van der Waals surface area contributed by atoms with Crippen LogP contribution in [-0.2, 0) is 36.6 Å². The Kier molecular flexibility index (Phi) is 10.3. The van der Waals surface area contributed by atoms with Crippen molar-refractivity contribution in [3.63, 3.8) is 0 Å². The van der Waals surface area contributed by atoms with Crippen LogP contribution in [0.1, 0.15) is 49.7 Å². The molecule has 2 aromatic carbocycles. The predicted octanol–water partition coefficient (Wildman–Crippen LogP) is 5.59. The first kappa shape index (κ1) is 24.9. The smallest absolute Gasteiger partial charge is 0.407 e. The Bertz CT molecular complexity index is 873. The molecule has 2 unspecified atom stereocenters. The second-order valence-corrected chi connectivity index (χ2v) is 8.55. The summed E-state index contributed by atoms with van der Waals surface area (Å²) in [5.74, 6) is -0.209. The van der Waals surface area contributed by atoms with Crippen LogP contribution in [0.15, 0.2) is 60.7 Å². The fourth-order valence-electron chi connectivity index (χ4n) is 4.14. The van der Waals surface area contributed by atoms with Gasteiger partial charge in [0.1, 0.15) is 13.2 Å². The van der Waals surface area contributed by atoms with Gasteiger partial charge < -0.3 is 14.8 Å². The number of hydrogen-bond acceptors (Lipinski definition) is 6. The quantitative estimate of drug-likeness (QED) is 0.321. The lowest BCUT2D eigenvalue weighted by Gasteiger charge is -2.29. The molecule has 8 heteroatoms. The molecule has 2 atom stereocenters. The normalized spacial score (nSPS) is 15.6. The third-order valence-corrected chi connectivity index (χ3v) is 6.17. The molecule has 0 bridgehead atoms. The van der Waals surface area contributed by atoms with Crippen molar-refractivity contribution < 1.29 is 28.2 Å². The highest BCUT2D eigenvalue weighted by Gasteiger charge is 2.34. The van der Waals surface area contributed by atoms with Crippen LogP contribution in [0.3, 0.4) is 0 Å². The zero-order chi connectivity index (χ0) is 23.3. The van der Waals surface area contributed by atoms with Gasteiger partial charge in [-0.2, -0.15) is 0 Å². The Labute approximate surface area is 196 Å². The average molecular weight is 471 g/mol. The Hall–Kier alpha value is -2.76. The van der Waals surface area contributed by atoms with Crippen molar-refractivity contribution in [1.29, 1.82) is 0 Å². The number of alkyl carbamates (subject to hydrolysis) is 1. The number of nitrogens with one attached hydrogen (secondary N) is 1. The lowest BCUT2D eigenvalue weighted by Crippen LogP contribution is -2.47. The molecule has 1 fully saturated rings. The number of hydrogen-bond donors (Lipinski definition) is 1. The molecule has 0 aliphatic heterocycles. The molecule has 7 nitrogen and oxygen atoms in total. The van der Waals surface area contributed by atoms with Gasteiger partial charge in [0, 0.05) is 6.42 Å². The molecule has 1 amide bonds. The Morgan fingerprint density at radius 1 is 0.909 bits per heavy atom. The first-order valence-corrected chi connectivity index (χ1v) is 12.0. The zero-order valence-corrected chi connectivity index (χ0v) is 19.5. The minimum atomic E-state index is -0.601. The third kappa shape index (κ3) is 8.60. The predicted molar refractivity (Wildman–Crippen MR) is 123 cm³/mol. The summed E-state index contributed by atoms with van der Waals surface area (Å²) in [7, 11) is -0.450. The summed E-state index contributed by atoms with van der Waals surface area (Å²) in [5.41, 5.74) is 1.78. The molecular formula is C25H30NO6P. The van der Waals surface area contributed by atoms with Crippen LogP contribution in [-0.4, -0.2) is 24.2 Å². The monoisotopic (exact) mass is 471 g/mol. The van der Waals surface area contributed by atoms with Crippen molar-refractivity contribution >= 4 is 20.7 Å². The number of esters is 1. The van der Waals surface area contributed by atoms with E-state index >= 15 is 0 Å². The van der Waals surface area contributed by atoms with E-state index < -0.39 is 26.9 Å². The molecule has 0 radical (unpaired) electrons. The van der Waals surface area contributed by atoms with E-state index in [0.29, 0.717) is 6.42 Å². The highest BCUT2D eigenvalue weighted by Crippen LogP contribution is 2.33. The Balaban J connectivity index is 1.58. The van der Waals surface area contributed by atoms with Crippen LogP contribution >= 0.6 is 8.69 Å². The van der Waals surface area contributed by atoms with Crippen molar-refractivity contribution in [2.75, 3.05) is 0 Å². The molecule has 0 spiro atoms. The minimum absolute atomic E-state index is 0.0960. The van der Waals surface area contributed by atoms with Crippen molar-refractivity contribution in [3.8, 4) is 0 Å². The molecule has 1 aliphatic carbocycles. The first-order chi connectivity index (χ1) is 16.2. The Morgan fingerprint density at radius 2 is 1.48 bits per heavy atom. The summed E-state index contributed by atoms with van der Waals surface area (Å²) in [4.78, 5) is 24.9. The summed E-state index contributed by atoms with van der Waals surface area (Å²) in [6.45, 7) is 0.325. The second-order valence-electron chi connectivity index (χ2n) is 8.19. The number of carbonyl (C=O) groups excluding carboxylic acids is 2. The molecule has 33 heavy (non-hydrogen) atoms. The van der Waals surface area contributed by atoms with Gasteiger partial charge in [0.15, 0.2) is 0 Å². The highest BCUT2D eigenvalue weighted by molar-refractivity contribution is 7.17. The van der Waals surface area contributed by atoms with Crippen molar-refractivity contribution in [2.24, 2.45) is 5.92 Å². The van der Waals surface area contributed by atoms with Gasteiger partial charge in [0.25, 0.3) is 0 Å². The SMILES string of the molecule is O=POC(C1CCCC1)C(CCC(=O)OCc1ccccc1)NC(=O)OCc1ccccc1. The molecule has 0 heterocycles. The number of carbonyl (C=O) groups is 2. The van der Waals surface area contributed by atoms with Crippen molar-refractivity contribution in [1.82, 2.24) is 5.32 Å². The summed E-state index contributed by atoms with van der Waals surface area (Å²) in [6.07, 6.45) is 3.29. The lowest BCUT2D eigenvalue weighted by molar-refractivity contribution is -0.145. The van der Waals surface area contributed by atoms with Gasteiger partial charge in [-0.05, 0) is 36.3 Å². The molecule has 176 valence electrons. The fourth-order valence-corrected chi connectivity index (χ4v) is 4.56. The zero-order valence-electron chi connectivity index (χ0n) is 18.6. The van der Waals surface area contributed by atoms with Gasteiger partial charge in [-0.15, -0.1) is 0 Å². The topological polar surface area (TPSA) is 90.9 Å². The van der Waals surface area contributed by atoms with Crippen molar-refractivity contribution in [2.45, 2.75) is 63.9 Å². The van der Waals surface area contributed by atoms with Crippen LogP contribution in [0.2, 0.25) is 0 Å². The highest BCUT2D eigenvalue weighted by atomic mass is 31.1. The van der Waals surface area contributed by atoms with Crippen LogP contribution in [0.5, 0.6) is 0 Å². The molecule has 0 saturated heterocycles. The summed E-state index contributed by atoms with van der Waals surface area (Å²) >= 11 is 0. The fraction of sp³-hybridized carbons (Fsp3) is 0.440. The van der Waals surface area contributed by atoms with E-state index in [2.05, 4.69) is 5.32 Å². The maximum atomic E-state index is 12.5. The van der Waals surface area contributed by atoms with Gasteiger partial charge in [0.2, 0.25) is 0 Å². The summed E-state index contributed by atoms with van der Waals surface area (Å²) < 4.78 is 27.5. The Morgan fingerprint density at radius 3 is 2.06 bits per heavy atom. The largest absolute Gasteiger partial charge is 0.461 e. The average Bonchev–Trinajstić information content (AvgIpc) is 3.38. The van der Waals surface area contributed by atoms with Crippen molar-refractivity contribution in [3.05, 3.63) is 71.8 Å². The number of benzene rings is 2. The minimum Gasteiger partial charge on any atom is -0.461 e. The summed E-state index contributed by atoms with van der Waals surface area (Å²) in [6, 6.07) is 18.3. The van der Waals surface area contributed by atoms with E-state index in [1.165, 1.54) is 0 Å². The standard InChI is InChI=1S/C25H30NO6P/c27-23(30-17-19-9-3-1-4-10-19)16-15-22(24(32-33-29)21-13-7-8-14-21)26-25(28)31-18-20-11-5-2-6-12-20/h1-6,9-12,21-22,24H,7-8,13-18H2,(H,26,28). The van der Waals surface area contributed by atoms with Crippen LogP contribution in [0.4, 0.5) is 4.79 Å². The van der Waals surface area contributed by atoms with E-state index in [0.717, 1.165) is 36.8 Å². The molecule has 1 N–H and O–H groups in total. The van der Waals surface area contributed by atoms with E-state index in [-0.39, 0.29) is 31.5 Å². The molecule has 1 aliphatic rings. The van der Waals surface area contributed by atoms with E-state index in [4.69, 9.17) is 14.0 Å². The molecule has 0 aromatic heterocycles.